The average Bonchev–Trinajstić information content (AvgIpc) is 3.03. The average molecular weight is 409 g/mol. The molecule has 8 heteroatoms. The molecule has 4 nitrogen and oxygen atoms in total. The number of thiophene rings is 1. The summed E-state index contributed by atoms with van der Waals surface area (Å²) in [6.07, 6.45) is -4.26. The molecule has 0 aliphatic carbocycles. The van der Waals surface area contributed by atoms with Crippen LogP contribution >= 0.6 is 11.3 Å². The van der Waals surface area contributed by atoms with Crippen LogP contribution in [0.2, 0.25) is 0 Å². The maximum Gasteiger partial charge on any atom is 0.433 e. The molecule has 0 spiro atoms. The Hall–Kier alpha value is -2.61. The van der Waals surface area contributed by atoms with E-state index in [0.29, 0.717) is 11.3 Å². The maximum atomic E-state index is 12.7. The van der Waals surface area contributed by atoms with Gasteiger partial charge in [-0.2, -0.15) is 13.2 Å². The zero-order chi connectivity index (χ0) is 20.5. The number of aromatic nitrogens is 1. The van der Waals surface area contributed by atoms with Crippen molar-refractivity contribution in [2.24, 2.45) is 0 Å². The van der Waals surface area contributed by atoms with Crippen LogP contribution in [0.3, 0.4) is 0 Å². The van der Waals surface area contributed by atoms with Gasteiger partial charge < -0.3 is 9.47 Å². The number of hydrogen-bond donors (Lipinski definition) is 0. The summed E-state index contributed by atoms with van der Waals surface area (Å²) in [6.45, 7) is 3.57. The van der Waals surface area contributed by atoms with Crippen LogP contribution in [0.4, 0.5) is 13.2 Å². The Bertz CT molecular complexity index is 1030. The number of rotatable bonds is 5. The highest BCUT2D eigenvalue weighted by molar-refractivity contribution is 7.17. The van der Waals surface area contributed by atoms with Crippen molar-refractivity contribution in [3.05, 3.63) is 57.7 Å². The number of ether oxygens (including phenoxy) is 2. The van der Waals surface area contributed by atoms with Crippen molar-refractivity contribution in [3.63, 3.8) is 0 Å². The molecule has 28 heavy (non-hydrogen) atoms. The maximum absolute atomic E-state index is 12.7. The number of hydrogen-bond acceptors (Lipinski definition) is 5. The first-order valence-electron chi connectivity index (χ1n) is 8.43. The molecule has 0 radical (unpaired) electrons. The van der Waals surface area contributed by atoms with Gasteiger partial charge in [0.2, 0.25) is 0 Å². The lowest BCUT2D eigenvalue weighted by Crippen LogP contribution is -2.10. The van der Waals surface area contributed by atoms with E-state index < -0.39 is 11.9 Å². The van der Waals surface area contributed by atoms with Crippen LogP contribution in [0.25, 0.3) is 10.1 Å². The van der Waals surface area contributed by atoms with E-state index in [1.807, 2.05) is 24.4 Å². The molecule has 1 aromatic carbocycles. The quantitative estimate of drug-likeness (QED) is 0.542. The lowest BCUT2D eigenvalue weighted by atomic mass is 10.1. The molecule has 0 amide bonds. The van der Waals surface area contributed by atoms with E-state index in [2.05, 4.69) is 4.98 Å². The van der Waals surface area contributed by atoms with Crippen molar-refractivity contribution >= 4 is 27.4 Å². The summed E-state index contributed by atoms with van der Waals surface area (Å²) in [5.41, 5.74) is 1.81. The van der Waals surface area contributed by atoms with Crippen LogP contribution in [0, 0.1) is 13.8 Å². The number of benzene rings is 1. The normalized spacial score (nSPS) is 11.6. The summed E-state index contributed by atoms with van der Waals surface area (Å²) in [4.78, 5) is 15.2. The van der Waals surface area contributed by atoms with Crippen LogP contribution < -0.4 is 4.74 Å². The lowest BCUT2D eigenvalue weighted by Gasteiger charge is -2.12. The fraction of sp³-hybridized carbons (Fsp3) is 0.300. The minimum absolute atomic E-state index is 0.113. The van der Waals surface area contributed by atoms with Gasteiger partial charge in [-0.1, -0.05) is 6.07 Å². The minimum atomic E-state index is -4.46. The van der Waals surface area contributed by atoms with E-state index in [1.165, 1.54) is 31.4 Å². The van der Waals surface area contributed by atoms with Gasteiger partial charge in [0.05, 0.1) is 13.5 Å². The van der Waals surface area contributed by atoms with Gasteiger partial charge in [-0.3, -0.25) is 4.79 Å². The fourth-order valence-electron chi connectivity index (χ4n) is 2.92. The Morgan fingerprint density at radius 2 is 1.93 bits per heavy atom. The summed E-state index contributed by atoms with van der Waals surface area (Å²) in [5.74, 6) is 0.306. The first kappa shape index (κ1) is 20.1. The molecule has 3 aromatic rings. The molecule has 0 bridgehead atoms. The van der Waals surface area contributed by atoms with E-state index >= 15 is 0 Å². The summed E-state index contributed by atoms with van der Waals surface area (Å²) in [5, 5.41) is 2.91. The summed E-state index contributed by atoms with van der Waals surface area (Å²) < 4.78 is 49.7. The third-order valence-corrected chi connectivity index (χ3v) is 5.34. The Balaban J connectivity index is 1.79. The van der Waals surface area contributed by atoms with E-state index in [1.54, 1.807) is 0 Å². The second kappa shape index (κ2) is 7.79. The molecule has 0 saturated heterocycles. The van der Waals surface area contributed by atoms with Crippen LogP contribution in [0.15, 0.2) is 29.6 Å². The first-order chi connectivity index (χ1) is 13.2. The number of halogens is 3. The molecular weight excluding hydrogens is 391 g/mol. The SMILES string of the molecule is COC(=O)Cc1csc2cc(OCc3ccc(C(F)(F)F)nc3C)cc(C)c12. The second-order valence-corrected chi connectivity index (χ2v) is 7.27. The second-order valence-electron chi connectivity index (χ2n) is 6.35. The highest BCUT2D eigenvalue weighted by atomic mass is 32.1. The number of alkyl halides is 3. The molecule has 0 atom stereocenters. The van der Waals surface area contributed by atoms with Gasteiger partial charge in [-0.25, -0.2) is 4.98 Å². The van der Waals surface area contributed by atoms with Crippen LogP contribution in [0.5, 0.6) is 5.75 Å². The van der Waals surface area contributed by atoms with E-state index in [4.69, 9.17) is 9.47 Å². The zero-order valence-corrected chi connectivity index (χ0v) is 16.3. The molecule has 0 saturated carbocycles. The number of fused-ring (bicyclic) bond motifs is 1. The highest BCUT2D eigenvalue weighted by Crippen LogP contribution is 2.34. The van der Waals surface area contributed by atoms with Gasteiger partial charge in [0.15, 0.2) is 0 Å². The van der Waals surface area contributed by atoms with Crippen molar-refractivity contribution in [3.8, 4) is 5.75 Å². The van der Waals surface area contributed by atoms with E-state index in [-0.39, 0.29) is 24.7 Å². The molecule has 0 N–H and O–H groups in total. The van der Waals surface area contributed by atoms with Gasteiger partial charge >= 0.3 is 12.1 Å². The minimum Gasteiger partial charge on any atom is -0.489 e. The van der Waals surface area contributed by atoms with Gasteiger partial charge in [0.25, 0.3) is 0 Å². The molecule has 0 unspecified atom stereocenters. The molecular formula is C20H18F3NO3S. The van der Waals surface area contributed by atoms with Gasteiger partial charge in [-0.15, -0.1) is 11.3 Å². The van der Waals surface area contributed by atoms with E-state index in [9.17, 15) is 18.0 Å². The Kier molecular flexibility index (Phi) is 5.60. The number of carbonyl (C=O) groups excluding carboxylic acids is 1. The molecule has 148 valence electrons. The summed E-state index contributed by atoms with van der Waals surface area (Å²) in [7, 11) is 1.35. The van der Waals surface area contributed by atoms with Crippen LogP contribution in [0.1, 0.15) is 28.1 Å². The van der Waals surface area contributed by atoms with Crippen molar-refractivity contribution in [1.29, 1.82) is 0 Å². The topological polar surface area (TPSA) is 48.4 Å². The zero-order valence-electron chi connectivity index (χ0n) is 15.5. The molecule has 3 rings (SSSR count). The Morgan fingerprint density at radius 1 is 1.18 bits per heavy atom. The molecule has 0 fully saturated rings. The summed E-state index contributed by atoms with van der Waals surface area (Å²) in [6, 6.07) is 6.05. The third kappa shape index (κ3) is 4.27. The summed E-state index contributed by atoms with van der Waals surface area (Å²) >= 11 is 1.50. The fourth-order valence-corrected chi connectivity index (χ4v) is 3.99. The molecule has 0 aliphatic heterocycles. The number of nitrogens with zero attached hydrogens (tertiary/aromatic N) is 1. The van der Waals surface area contributed by atoms with Gasteiger partial charge in [-0.05, 0) is 53.9 Å². The number of carbonyl (C=O) groups is 1. The van der Waals surface area contributed by atoms with Gasteiger partial charge in [0.1, 0.15) is 18.1 Å². The molecule has 2 heterocycles. The van der Waals surface area contributed by atoms with Crippen molar-refractivity contribution in [1.82, 2.24) is 4.98 Å². The number of methoxy groups -OCH3 is 1. The standard InChI is InChI=1S/C20H18F3NO3S/c1-11-6-15(8-16-19(11)14(10-28-16)7-18(25)26-3)27-9-13-4-5-17(20(21,22)23)24-12(13)2/h4-6,8,10H,7,9H2,1-3H3. The smallest absolute Gasteiger partial charge is 0.433 e. The van der Waals surface area contributed by atoms with Crippen molar-refractivity contribution < 1.29 is 27.4 Å². The van der Waals surface area contributed by atoms with Crippen molar-refractivity contribution in [2.45, 2.75) is 33.1 Å². The van der Waals surface area contributed by atoms with Crippen LogP contribution in [-0.2, 0) is 28.7 Å². The number of esters is 1. The largest absolute Gasteiger partial charge is 0.489 e. The molecule has 0 aliphatic rings. The predicted octanol–water partition coefficient (Wildman–Crippen LogP) is 5.23. The molecule has 2 aromatic heterocycles. The monoisotopic (exact) mass is 409 g/mol. The van der Waals surface area contributed by atoms with E-state index in [0.717, 1.165) is 27.3 Å². The highest BCUT2D eigenvalue weighted by Gasteiger charge is 2.32. The number of pyridine rings is 1. The van der Waals surface area contributed by atoms with Crippen molar-refractivity contribution in [2.75, 3.05) is 7.11 Å². The van der Waals surface area contributed by atoms with Gasteiger partial charge in [0, 0.05) is 16.0 Å². The predicted molar refractivity (Wildman–Crippen MR) is 101 cm³/mol. The number of aryl methyl sites for hydroxylation is 2. The van der Waals surface area contributed by atoms with Crippen LogP contribution in [-0.4, -0.2) is 18.1 Å². The lowest BCUT2D eigenvalue weighted by molar-refractivity contribution is -0.141. The third-order valence-electron chi connectivity index (χ3n) is 4.36. The Labute approximate surface area is 163 Å². The Morgan fingerprint density at radius 3 is 2.57 bits per heavy atom. The first-order valence-corrected chi connectivity index (χ1v) is 9.31.